The summed E-state index contributed by atoms with van der Waals surface area (Å²) >= 11 is 0. The van der Waals surface area contributed by atoms with E-state index in [-0.39, 0.29) is 25.7 Å². The number of phosphoric acid groups is 2. The van der Waals surface area contributed by atoms with Gasteiger partial charge in [0.15, 0.2) is 12.2 Å². The highest BCUT2D eigenvalue weighted by atomic mass is 31.2. The highest BCUT2D eigenvalue weighted by Gasteiger charge is 2.30. The molecule has 19 heteroatoms. The van der Waals surface area contributed by atoms with Gasteiger partial charge in [0.1, 0.15) is 19.3 Å². The number of aliphatic hydroxyl groups excluding tert-OH is 1. The van der Waals surface area contributed by atoms with Gasteiger partial charge in [-0.3, -0.25) is 37.3 Å². The molecule has 0 bridgehead atoms. The second-order valence-electron chi connectivity index (χ2n) is 25.2. The summed E-state index contributed by atoms with van der Waals surface area (Å²) in [5, 5.41) is 10.6. The molecular weight excluding hydrogens is 1190 g/mol. The highest BCUT2D eigenvalue weighted by Crippen LogP contribution is 2.45. The number of rotatable bonds is 69. The summed E-state index contributed by atoms with van der Waals surface area (Å²) in [7, 11) is -9.90. The second kappa shape index (κ2) is 63.9. The van der Waals surface area contributed by atoms with Crippen molar-refractivity contribution in [1.82, 2.24) is 0 Å². The Hall–Kier alpha value is -2.46. The molecule has 0 spiro atoms. The van der Waals surface area contributed by atoms with Crippen LogP contribution in [0, 0.1) is 5.92 Å². The fourth-order valence-electron chi connectivity index (χ4n) is 10.2. The molecule has 0 saturated heterocycles. The molecule has 0 aliphatic rings. The lowest BCUT2D eigenvalue weighted by Gasteiger charge is -2.21. The van der Waals surface area contributed by atoms with Crippen molar-refractivity contribution in [3.63, 3.8) is 0 Å². The number of phosphoric ester groups is 2. The summed E-state index contributed by atoms with van der Waals surface area (Å²) in [5.41, 5.74) is 0. The third-order valence-corrected chi connectivity index (χ3v) is 18.2. The van der Waals surface area contributed by atoms with E-state index in [1.54, 1.807) is 0 Å². The van der Waals surface area contributed by atoms with Crippen molar-refractivity contribution in [2.75, 3.05) is 39.6 Å². The Balaban J connectivity index is 5.20. The van der Waals surface area contributed by atoms with Crippen molar-refractivity contribution < 1.29 is 80.2 Å². The Labute approximate surface area is 548 Å². The number of unbranched alkanes of at least 4 members (excludes halogenated alkanes) is 37. The SMILES string of the molecule is CCCCCC/C=C\C=C/CCCCCCCC(=O)OC[C@H](COP(=O)(O)OC[C@@H](O)COP(=O)(O)OC[C@@H](COC(=O)CCCCCCC)OC(=O)CCCCCCCCCCCCC(C)CC)OC(=O)CCCCCCCCCCCCCCCCCC. The van der Waals surface area contributed by atoms with Crippen LogP contribution >= 0.6 is 15.6 Å². The number of allylic oxidation sites excluding steroid dienone is 4. The minimum absolute atomic E-state index is 0.101. The number of carbonyl (C=O) groups excluding carboxylic acids is 4. The van der Waals surface area contributed by atoms with Crippen LogP contribution < -0.4 is 0 Å². The average Bonchev–Trinajstić information content (AvgIpc) is 3.66. The number of aliphatic hydroxyl groups is 1. The van der Waals surface area contributed by atoms with E-state index < -0.39 is 97.5 Å². The molecule has 3 unspecified atom stereocenters. The average molecular weight is 1320 g/mol. The summed E-state index contributed by atoms with van der Waals surface area (Å²) in [5.74, 6) is -1.36. The molecule has 6 atom stereocenters. The number of hydrogen-bond acceptors (Lipinski definition) is 15. The number of esters is 4. The fourth-order valence-corrected chi connectivity index (χ4v) is 11.8. The van der Waals surface area contributed by atoms with Gasteiger partial charge in [-0.15, -0.1) is 0 Å². The Bertz CT molecular complexity index is 1830. The third-order valence-electron chi connectivity index (χ3n) is 16.3. The van der Waals surface area contributed by atoms with E-state index >= 15 is 0 Å². The van der Waals surface area contributed by atoms with Gasteiger partial charge < -0.3 is 33.8 Å². The molecule has 0 aromatic rings. The number of hydrogen-bond donors (Lipinski definition) is 3. The van der Waals surface area contributed by atoms with E-state index in [1.807, 2.05) is 0 Å². The predicted molar refractivity (Wildman–Crippen MR) is 363 cm³/mol. The monoisotopic (exact) mass is 1320 g/mol. The lowest BCUT2D eigenvalue weighted by atomic mass is 9.99. The van der Waals surface area contributed by atoms with Crippen molar-refractivity contribution in [3.05, 3.63) is 24.3 Å². The zero-order chi connectivity index (χ0) is 66.3. The number of carbonyl (C=O) groups is 4. The van der Waals surface area contributed by atoms with Gasteiger partial charge in [-0.1, -0.05) is 290 Å². The zero-order valence-electron chi connectivity index (χ0n) is 57.8. The second-order valence-corrected chi connectivity index (χ2v) is 28.1. The molecule has 0 rings (SSSR count). The smallest absolute Gasteiger partial charge is 0.462 e. The van der Waals surface area contributed by atoms with Crippen LogP contribution in [0.25, 0.3) is 0 Å². The molecule has 0 aliphatic heterocycles. The van der Waals surface area contributed by atoms with E-state index in [1.165, 1.54) is 141 Å². The fraction of sp³-hybridized carbons (Fsp3) is 0.887. The van der Waals surface area contributed by atoms with Crippen LogP contribution in [0.5, 0.6) is 0 Å². The summed E-state index contributed by atoms with van der Waals surface area (Å²) < 4.78 is 68.1. The summed E-state index contributed by atoms with van der Waals surface area (Å²) in [6, 6.07) is 0. The Kier molecular flexibility index (Phi) is 62.2. The van der Waals surface area contributed by atoms with Crippen molar-refractivity contribution in [2.24, 2.45) is 5.92 Å². The summed E-state index contributed by atoms with van der Waals surface area (Å²) in [6.07, 6.45) is 53.8. The normalized spacial score (nSPS) is 14.5. The van der Waals surface area contributed by atoms with Crippen LogP contribution in [0.1, 0.15) is 343 Å². The van der Waals surface area contributed by atoms with Gasteiger partial charge in [0, 0.05) is 25.7 Å². The molecule has 0 amide bonds. The maximum absolute atomic E-state index is 13.0. The van der Waals surface area contributed by atoms with E-state index in [9.17, 15) is 43.2 Å². The van der Waals surface area contributed by atoms with Gasteiger partial charge in [0.2, 0.25) is 0 Å². The van der Waals surface area contributed by atoms with E-state index in [4.69, 9.17) is 37.0 Å². The Morgan fingerprint density at radius 1 is 0.356 bits per heavy atom. The van der Waals surface area contributed by atoms with Crippen molar-refractivity contribution >= 4 is 39.5 Å². The minimum atomic E-state index is -4.96. The number of ether oxygens (including phenoxy) is 4. The van der Waals surface area contributed by atoms with Crippen LogP contribution in [-0.4, -0.2) is 96.7 Å². The molecule has 0 fully saturated rings. The lowest BCUT2D eigenvalue weighted by Crippen LogP contribution is -2.30. The Morgan fingerprint density at radius 2 is 0.622 bits per heavy atom. The first-order chi connectivity index (χ1) is 43.6. The van der Waals surface area contributed by atoms with Crippen molar-refractivity contribution in [3.8, 4) is 0 Å². The molecule has 0 saturated carbocycles. The molecule has 17 nitrogen and oxygen atoms in total. The minimum Gasteiger partial charge on any atom is -0.462 e. The molecule has 0 aromatic carbocycles. The molecule has 0 heterocycles. The topological polar surface area (TPSA) is 237 Å². The lowest BCUT2D eigenvalue weighted by molar-refractivity contribution is -0.161. The molecule has 3 N–H and O–H groups in total. The summed E-state index contributed by atoms with van der Waals surface area (Å²) in [4.78, 5) is 72.3. The molecule has 530 valence electrons. The van der Waals surface area contributed by atoms with Gasteiger partial charge in [-0.25, -0.2) is 9.13 Å². The summed E-state index contributed by atoms with van der Waals surface area (Å²) in [6.45, 7) is 7.12. The van der Waals surface area contributed by atoms with Gasteiger partial charge >= 0.3 is 39.5 Å². The first-order valence-corrected chi connectivity index (χ1v) is 39.5. The molecule has 0 aliphatic carbocycles. The van der Waals surface area contributed by atoms with Gasteiger partial charge in [0.05, 0.1) is 26.4 Å². The Morgan fingerprint density at radius 3 is 0.944 bits per heavy atom. The first-order valence-electron chi connectivity index (χ1n) is 36.5. The van der Waals surface area contributed by atoms with Crippen molar-refractivity contribution in [1.29, 1.82) is 0 Å². The van der Waals surface area contributed by atoms with Crippen LogP contribution in [-0.2, 0) is 65.4 Å². The largest absolute Gasteiger partial charge is 0.472 e. The van der Waals surface area contributed by atoms with E-state index in [0.29, 0.717) is 25.7 Å². The quantitative estimate of drug-likeness (QED) is 0.0169. The van der Waals surface area contributed by atoms with Crippen LogP contribution in [0.4, 0.5) is 0 Å². The maximum atomic E-state index is 13.0. The standard InChI is InChI=1S/C71H134O17P2/c1-6-10-13-16-18-20-22-24-26-28-30-32-37-41-46-51-56-71(76)88-67(61-82-69(74)55-50-45-40-36-31-29-27-25-23-21-19-17-14-11-7-2)63-86-90(79,80)84-59-65(72)58-83-89(77,78)85-62-66(60-81-68(73)54-49-43-15-12-8-3)87-70(75)57-52-47-42-38-34-33-35-39-44-48-53-64(5)9-4/h21,23,25,27,64-67,72H,6-20,22,24,26,28-63H2,1-5H3,(H,77,78)(H,79,80)/b23-21-,27-25-/t64?,65-,66+,67+/m0/s1. The third kappa shape index (κ3) is 63.0. The highest BCUT2D eigenvalue weighted by molar-refractivity contribution is 7.47. The van der Waals surface area contributed by atoms with Gasteiger partial charge in [-0.2, -0.15) is 0 Å². The molecule has 0 radical (unpaired) electrons. The van der Waals surface area contributed by atoms with E-state index in [2.05, 4.69) is 58.9 Å². The van der Waals surface area contributed by atoms with Gasteiger partial charge in [-0.05, 0) is 57.3 Å². The van der Waals surface area contributed by atoms with Crippen LogP contribution in [0.2, 0.25) is 0 Å². The predicted octanol–water partition coefficient (Wildman–Crippen LogP) is 20.1. The van der Waals surface area contributed by atoms with Crippen LogP contribution in [0.3, 0.4) is 0 Å². The molecular formula is C71H134O17P2. The molecule has 90 heavy (non-hydrogen) atoms. The zero-order valence-corrected chi connectivity index (χ0v) is 59.5. The molecule has 0 aromatic heterocycles. The van der Waals surface area contributed by atoms with Crippen molar-refractivity contribution in [2.45, 2.75) is 361 Å². The van der Waals surface area contributed by atoms with Gasteiger partial charge in [0.25, 0.3) is 0 Å². The van der Waals surface area contributed by atoms with E-state index in [0.717, 1.165) is 121 Å². The van der Waals surface area contributed by atoms with Crippen LogP contribution in [0.15, 0.2) is 24.3 Å². The maximum Gasteiger partial charge on any atom is 0.472 e. The first kappa shape index (κ1) is 87.5.